The number of oxime groups is 1. The summed E-state index contributed by atoms with van der Waals surface area (Å²) in [5.74, 6) is 0.170. The topological polar surface area (TPSA) is 59.9 Å². The third kappa shape index (κ3) is 6.63. The second-order valence-electron chi connectivity index (χ2n) is 5.21. The lowest BCUT2D eigenvalue weighted by molar-refractivity contribution is -0.125. The first-order valence-electron chi connectivity index (χ1n) is 8.07. The van der Waals surface area contributed by atoms with Crippen LogP contribution in [0.1, 0.15) is 18.1 Å². The number of nitrogens with one attached hydrogen (secondary N) is 1. The first-order valence-corrected chi connectivity index (χ1v) is 8.07. The van der Waals surface area contributed by atoms with Gasteiger partial charge in [0, 0.05) is 12.1 Å². The number of amides is 1. The second kappa shape index (κ2) is 10.1. The predicted molar refractivity (Wildman–Crippen MR) is 94.3 cm³/mol. The summed E-state index contributed by atoms with van der Waals surface area (Å²) >= 11 is 0. The average molecular weight is 344 g/mol. The average Bonchev–Trinajstić information content (AvgIpc) is 2.62. The number of hydrogen-bond donors (Lipinski definition) is 1. The van der Waals surface area contributed by atoms with Crippen LogP contribution < -0.4 is 10.1 Å². The van der Waals surface area contributed by atoms with Gasteiger partial charge in [-0.15, -0.1) is 0 Å². The second-order valence-corrected chi connectivity index (χ2v) is 5.21. The summed E-state index contributed by atoms with van der Waals surface area (Å²) in [5, 5.41) is 6.51. The van der Waals surface area contributed by atoms with Crippen LogP contribution in [-0.4, -0.2) is 31.9 Å². The molecule has 0 saturated heterocycles. The molecule has 2 aromatic rings. The van der Waals surface area contributed by atoms with Gasteiger partial charge in [0.15, 0.2) is 6.61 Å². The highest BCUT2D eigenvalue weighted by Crippen LogP contribution is 2.15. The van der Waals surface area contributed by atoms with Crippen molar-refractivity contribution in [3.8, 4) is 5.75 Å². The molecule has 0 aromatic heterocycles. The first-order chi connectivity index (χ1) is 12.2. The number of nitrogens with zero attached hydrogens (tertiary/aromatic N) is 1. The van der Waals surface area contributed by atoms with Gasteiger partial charge in [0.1, 0.15) is 11.6 Å². The number of ether oxygens (including phenoxy) is 1. The van der Waals surface area contributed by atoms with E-state index in [1.54, 1.807) is 12.1 Å². The fourth-order valence-electron chi connectivity index (χ4n) is 2.11. The molecular weight excluding hydrogens is 323 g/mol. The zero-order valence-electron chi connectivity index (χ0n) is 14.1. The van der Waals surface area contributed by atoms with E-state index in [1.807, 2.05) is 31.2 Å². The Bertz CT molecular complexity index is 702. The fraction of sp³-hybridized carbons (Fsp3) is 0.263. The number of carbonyl (C=O) groups excluding carboxylic acids is 1. The van der Waals surface area contributed by atoms with E-state index in [9.17, 15) is 9.18 Å². The molecule has 6 heteroatoms. The lowest BCUT2D eigenvalue weighted by atomic mass is 10.1. The van der Waals surface area contributed by atoms with Gasteiger partial charge >= 0.3 is 0 Å². The lowest BCUT2D eigenvalue weighted by Crippen LogP contribution is -2.28. The molecule has 2 aromatic carbocycles. The first kappa shape index (κ1) is 18.4. The van der Waals surface area contributed by atoms with E-state index in [1.165, 1.54) is 18.3 Å². The van der Waals surface area contributed by atoms with E-state index in [0.29, 0.717) is 25.3 Å². The Kier molecular flexibility index (Phi) is 7.43. The smallest absolute Gasteiger partial charge is 0.260 e. The molecule has 2 rings (SSSR count). The highest BCUT2D eigenvalue weighted by atomic mass is 19.1. The molecule has 0 radical (unpaired) electrons. The summed E-state index contributed by atoms with van der Waals surface area (Å²) in [4.78, 5) is 16.7. The van der Waals surface area contributed by atoms with Crippen molar-refractivity contribution in [2.45, 2.75) is 13.3 Å². The maximum atomic E-state index is 12.8. The lowest BCUT2D eigenvalue weighted by Gasteiger charge is -2.06. The molecule has 132 valence electrons. The number of carbonyl (C=O) groups is 1. The highest BCUT2D eigenvalue weighted by Gasteiger charge is 2.02. The molecular formula is C19H21FN2O3. The molecule has 0 saturated carbocycles. The van der Waals surface area contributed by atoms with Crippen LogP contribution in [0.4, 0.5) is 4.39 Å². The van der Waals surface area contributed by atoms with Crippen LogP contribution in [-0.2, 0) is 16.1 Å². The SMILES string of the molecule is CCOc1ccccc1/C=N/OCC(=O)NCCc1ccc(F)cc1. The Morgan fingerprint density at radius 1 is 1.20 bits per heavy atom. The van der Waals surface area contributed by atoms with Gasteiger partial charge in [-0.05, 0) is 43.2 Å². The van der Waals surface area contributed by atoms with Gasteiger partial charge in [-0.3, -0.25) is 4.79 Å². The third-order valence-corrected chi connectivity index (χ3v) is 3.33. The van der Waals surface area contributed by atoms with Gasteiger partial charge in [-0.25, -0.2) is 4.39 Å². The van der Waals surface area contributed by atoms with Crippen LogP contribution in [0.15, 0.2) is 53.7 Å². The molecule has 0 aliphatic carbocycles. The summed E-state index contributed by atoms with van der Waals surface area (Å²) in [6, 6.07) is 13.6. The van der Waals surface area contributed by atoms with Crippen molar-refractivity contribution in [3.05, 3.63) is 65.5 Å². The standard InChI is InChI=1S/C19H21FN2O3/c1-2-24-18-6-4-3-5-16(18)13-22-25-14-19(23)21-12-11-15-7-9-17(20)10-8-15/h3-10,13H,2,11-12,14H2,1H3,(H,21,23)/b22-13+. The molecule has 0 spiro atoms. The minimum Gasteiger partial charge on any atom is -0.493 e. The molecule has 1 N–H and O–H groups in total. The summed E-state index contributed by atoms with van der Waals surface area (Å²) < 4.78 is 18.3. The zero-order chi connectivity index (χ0) is 17.9. The van der Waals surface area contributed by atoms with Crippen LogP contribution in [0.25, 0.3) is 0 Å². The molecule has 25 heavy (non-hydrogen) atoms. The molecule has 0 aliphatic heterocycles. The monoisotopic (exact) mass is 344 g/mol. The van der Waals surface area contributed by atoms with Crippen LogP contribution >= 0.6 is 0 Å². The third-order valence-electron chi connectivity index (χ3n) is 3.33. The molecule has 5 nitrogen and oxygen atoms in total. The number of benzene rings is 2. The van der Waals surface area contributed by atoms with Gasteiger partial charge < -0.3 is 14.9 Å². The zero-order valence-corrected chi connectivity index (χ0v) is 14.1. The van der Waals surface area contributed by atoms with Crippen molar-refractivity contribution in [1.82, 2.24) is 5.32 Å². The summed E-state index contributed by atoms with van der Waals surface area (Å²) in [5.41, 5.74) is 1.73. The van der Waals surface area contributed by atoms with Crippen molar-refractivity contribution in [2.24, 2.45) is 5.16 Å². The highest BCUT2D eigenvalue weighted by molar-refractivity contribution is 5.83. The Morgan fingerprint density at radius 2 is 1.96 bits per heavy atom. The van der Waals surface area contributed by atoms with Crippen molar-refractivity contribution in [1.29, 1.82) is 0 Å². The van der Waals surface area contributed by atoms with Gasteiger partial charge in [-0.2, -0.15) is 0 Å². The van der Waals surface area contributed by atoms with Gasteiger partial charge in [0.25, 0.3) is 5.91 Å². The minimum absolute atomic E-state index is 0.170. The normalized spacial score (nSPS) is 10.6. The minimum atomic E-state index is -0.273. The quantitative estimate of drug-likeness (QED) is 0.562. The molecule has 0 fully saturated rings. The van der Waals surface area contributed by atoms with Crippen molar-refractivity contribution >= 4 is 12.1 Å². The fourth-order valence-corrected chi connectivity index (χ4v) is 2.11. The van der Waals surface area contributed by atoms with Crippen LogP contribution in [0, 0.1) is 5.82 Å². The van der Waals surface area contributed by atoms with E-state index >= 15 is 0 Å². The van der Waals surface area contributed by atoms with Crippen LogP contribution in [0.2, 0.25) is 0 Å². The van der Waals surface area contributed by atoms with Crippen LogP contribution in [0.5, 0.6) is 5.75 Å². The molecule has 1 amide bonds. The number of rotatable bonds is 9. The largest absolute Gasteiger partial charge is 0.493 e. The van der Waals surface area contributed by atoms with E-state index in [-0.39, 0.29) is 18.3 Å². The summed E-state index contributed by atoms with van der Waals surface area (Å²) in [6.45, 7) is 2.74. The maximum Gasteiger partial charge on any atom is 0.260 e. The molecule has 0 atom stereocenters. The number of halogens is 1. The van der Waals surface area contributed by atoms with Gasteiger partial charge in [0.2, 0.25) is 0 Å². The Balaban J connectivity index is 1.69. The Hall–Kier alpha value is -2.89. The maximum absolute atomic E-state index is 12.8. The molecule has 0 bridgehead atoms. The molecule has 0 unspecified atom stereocenters. The van der Waals surface area contributed by atoms with E-state index in [4.69, 9.17) is 9.57 Å². The summed E-state index contributed by atoms with van der Waals surface area (Å²) in [6.07, 6.45) is 2.13. The predicted octanol–water partition coefficient (Wildman–Crippen LogP) is 2.93. The number of hydrogen-bond acceptors (Lipinski definition) is 4. The van der Waals surface area contributed by atoms with Crippen molar-refractivity contribution in [3.63, 3.8) is 0 Å². The van der Waals surface area contributed by atoms with E-state index < -0.39 is 0 Å². The van der Waals surface area contributed by atoms with E-state index in [2.05, 4.69) is 10.5 Å². The summed E-state index contributed by atoms with van der Waals surface area (Å²) in [7, 11) is 0. The molecule has 0 aliphatic rings. The van der Waals surface area contributed by atoms with E-state index in [0.717, 1.165) is 11.1 Å². The van der Waals surface area contributed by atoms with Gasteiger partial charge in [-0.1, -0.05) is 29.4 Å². The van der Waals surface area contributed by atoms with Crippen molar-refractivity contribution in [2.75, 3.05) is 19.8 Å². The number of para-hydroxylation sites is 1. The van der Waals surface area contributed by atoms with Crippen molar-refractivity contribution < 1.29 is 18.8 Å². The molecule has 0 heterocycles. The Labute approximate surface area is 146 Å². The Morgan fingerprint density at radius 3 is 2.72 bits per heavy atom. The van der Waals surface area contributed by atoms with Gasteiger partial charge in [0.05, 0.1) is 12.8 Å². The van der Waals surface area contributed by atoms with Crippen LogP contribution in [0.3, 0.4) is 0 Å².